The number of halogens is 2. The zero-order valence-electron chi connectivity index (χ0n) is 15.9. The summed E-state index contributed by atoms with van der Waals surface area (Å²) in [5.74, 6) is 0.167. The summed E-state index contributed by atoms with van der Waals surface area (Å²) >= 11 is 0. The molecule has 0 radical (unpaired) electrons. The van der Waals surface area contributed by atoms with Crippen molar-refractivity contribution in [2.24, 2.45) is 5.92 Å². The molecule has 1 spiro atoms. The van der Waals surface area contributed by atoms with Gasteiger partial charge in [0.05, 0.1) is 5.60 Å². The van der Waals surface area contributed by atoms with Gasteiger partial charge in [-0.15, -0.1) is 12.4 Å². The van der Waals surface area contributed by atoms with Gasteiger partial charge in [0.2, 0.25) is 0 Å². The summed E-state index contributed by atoms with van der Waals surface area (Å²) in [6.45, 7) is 7.48. The Labute approximate surface area is 162 Å². The van der Waals surface area contributed by atoms with Crippen LogP contribution in [0.5, 0.6) is 0 Å². The number of likely N-dealkylation sites (tertiary alicyclic amines) is 1. The van der Waals surface area contributed by atoms with Gasteiger partial charge in [-0.25, -0.2) is 4.39 Å². The first-order valence-corrected chi connectivity index (χ1v) is 9.29. The highest BCUT2D eigenvalue weighted by molar-refractivity contribution is 5.85. The van der Waals surface area contributed by atoms with Crippen LogP contribution in [0.2, 0.25) is 0 Å². The summed E-state index contributed by atoms with van der Waals surface area (Å²) in [6.07, 6.45) is 2.24. The normalized spacial score (nSPS) is 23.3. The Morgan fingerprint density at radius 1 is 1.27 bits per heavy atom. The number of nitrogens with zero attached hydrogens (tertiary/aromatic N) is 2. The lowest BCUT2D eigenvalue weighted by Crippen LogP contribution is -2.62. The van der Waals surface area contributed by atoms with Crippen LogP contribution in [0.4, 0.5) is 4.39 Å². The summed E-state index contributed by atoms with van der Waals surface area (Å²) in [6, 6.07) is 7.00. The maximum atomic E-state index is 13.8. The van der Waals surface area contributed by atoms with E-state index in [1.54, 1.807) is 6.07 Å². The second-order valence-electron chi connectivity index (χ2n) is 7.84. The van der Waals surface area contributed by atoms with Crippen LogP contribution in [0.3, 0.4) is 0 Å². The van der Waals surface area contributed by atoms with Crippen LogP contribution in [0.15, 0.2) is 24.3 Å². The minimum absolute atomic E-state index is 0. The molecule has 146 valence electrons. The fourth-order valence-corrected chi connectivity index (χ4v) is 3.95. The van der Waals surface area contributed by atoms with Crippen molar-refractivity contribution >= 4 is 18.3 Å². The number of amides is 1. The Balaban J connectivity index is 0.00000243. The van der Waals surface area contributed by atoms with Crippen molar-refractivity contribution in [2.75, 3.05) is 33.2 Å². The number of morpholine rings is 1. The number of likely N-dealkylation sites (N-methyl/N-ethyl adjacent to an activating group) is 1. The molecule has 2 aliphatic heterocycles. The summed E-state index contributed by atoms with van der Waals surface area (Å²) in [7, 11) is 1.88. The molecule has 2 heterocycles. The molecule has 1 aromatic rings. The van der Waals surface area contributed by atoms with E-state index in [2.05, 4.69) is 4.90 Å². The number of carbonyl (C=O) groups is 1. The number of hydrogen-bond donors (Lipinski definition) is 0. The number of carbonyl (C=O) groups excluding carboxylic acids is 1. The quantitative estimate of drug-likeness (QED) is 0.799. The average molecular weight is 385 g/mol. The minimum Gasteiger partial charge on any atom is -0.360 e. The summed E-state index contributed by atoms with van der Waals surface area (Å²) in [4.78, 5) is 16.5. The zero-order valence-corrected chi connectivity index (χ0v) is 16.7. The van der Waals surface area contributed by atoms with Gasteiger partial charge >= 0.3 is 0 Å². The predicted octanol–water partition coefficient (Wildman–Crippen LogP) is 3.14. The van der Waals surface area contributed by atoms with E-state index in [-0.39, 0.29) is 41.8 Å². The second kappa shape index (κ2) is 8.68. The van der Waals surface area contributed by atoms with Gasteiger partial charge in [-0.3, -0.25) is 4.79 Å². The first-order chi connectivity index (χ1) is 11.9. The van der Waals surface area contributed by atoms with Crippen LogP contribution >= 0.6 is 12.4 Å². The van der Waals surface area contributed by atoms with Gasteiger partial charge in [-0.1, -0.05) is 32.0 Å². The smallest absolute Gasteiger partial charge is 0.251 e. The van der Waals surface area contributed by atoms with Crippen LogP contribution < -0.4 is 0 Å². The maximum Gasteiger partial charge on any atom is 0.251 e. The molecule has 1 aromatic carbocycles. The molecule has 0 aliphatic carbocycles. The number of ether oxygens (including phenoxy) is 1. The third-order valence-corrected chi connectivity index (χ3v) is 5.55. The van der Waals surface area contributed by atoms with E-state index in [1.165, 1.54) is 6.07 Å². The SMILES string of the molecule is CC(C)C1OC2(CCN(CCc3ccccc3F)CC2)CN(C)C1=O.Cl. The van der Waals surface area contributed by atoms with Gasteiger partial charge in [-0.2, -0.15) is 0 Å². The van der Waals surface area contributed by atoms with Crippen molar-refractivity contribution in [1.82, 2.24) is 9.80 Å². The fourth-order valence-electron chi connectivity index (χ4n) is 3.95. The Morgan fingerprint density at radius 2 is 1.92 bits per heavy atom. The third kappa shape index (κ3) is 4.56. The van der Waals surface area contributed by atoms with E-state index >= 15 is 0 Å². The maximum absolute atomic E-state index is 13.8. The molecule has 26 heavy (non-hydrogen) atoms. The molecule has 2 saturated heterocycles. The lowest BCUT2D eigenvalue weighted by molar-refractivity contribution is -0.197. The molecule has 6 heteroatoms. The minimum atomic E-state index is -0.330. The van der Waals surface area contributed by atoms with Gasteiger partial charge in [0.1, 0.15) is 11.9 Å². The van der Waals surface area contributed by atoms with E-state index in [0.29, 0.717) is 6.54 Å². The van der Waals surface area contributed by atoms with Gasteiger partial charge < -0.3 is 14.5 Å². The number of hydrogen-bond acceptors (Lipinski definition) is 3. The highest BCUT2D eigenvalue weighted by Gasteiger charge is 2.46. The number of piperidine rings is 1. The first-order valence-electron chi connectivity index (χ1n) is 9.29. The van der Waals surface area contributed by atoms with Gasteiger partial charge in [-0.05, 0) is 36.8 Å². The summed E-state index contributed by atoms with van der Waals surface area (Å²) in [5, 5.41) is 0. The largest absolute Gasteiger partial charge is 0.360 e. The molecular formula is C20H30ClFN2O2. The molecule has 3 rings (SSSR count). The van der Waals surface area contributed by atoms with Crippen LogP contribution in [0.25, 0.3) is 0 Å². The first kappa shape index (κ1) is 21.1. The summed E-state index contributed by atoms with van der Waals surface area (Å²) < 4.78 is 20.1. The highest BCUT2D eigenvalue weighted by atomic mass is 35.5. The topological polar surface area (TPSA) is 32.8 Å². The molecule has 2 fully saturated rings. The average Bonchev–Trinajstić information content (AvgIpc) is 2.59. The van der Waals surface area contributed by atoms with E-state index in [4.69, 9.17) is 4.74 Å². The van der Waals surface area contributed by atoms with Crippen molar-refractivity contribution in [2.45, 2.75) is 44.8 Å². The molecule has 0 bridgehead atoms. The number of rotatable bonds is 4. The van der Waals surface area contributed by atoms with Crippen molar-refractivity contribution < 1.29 is 13.9 Å². The second-order valence-corrected chi connectivity index (χ2v) is 7.84. The Morgan fingerprint density at radius 3 is 2.54 bits per heavy atom. The molecule has 1 atom stereocenters. The van der Waals surface area contributed by atoms with Crippen molar-refractivity contribution in [3.8, 4) is 0 Å². The lowest BCUT2D eigenvalue weighted by atomic mass is 9.87. The summed E-state index contributed by atoms with van der Waals surface area (Å²) in [5.41, 5.74) is 0.563. The van der Waals surface area contributed by atoms with Crippen molar-refractivity contribution in [1.29, 1.82) is 0 Å². The van der Waals surface area contributed by atoms with Gasteiger partial charge in [0, 0.05) is 33.2 Å². The lowest BCUT2D eigenvalue weighted by Gasteiger charge is -2.49. The fraction of sp³-hybridized carbons (Fsp3) is 0.650. The molecule has 1 amide bonds. The Bertz CT molecular complexity index is 618. The van der Waals surface area contributed by atoms with E-state index in [9.17, 15) is 9.18 Å². The van der Waals surface area contributed by atoms with Gasteiger partial charge in [0.15, 0.2) is 0 Å². The Kier molecular flexibility index (Phi) is 7.05. The molecule has 4 nitrogen and oxygen atoms in total. The van der Waals surface area contributed by atoms with Crippen LogP contribution in [-0.2, 0) is 16.0 Å². The predicted molar refractivity (Wildman–Crippen MR) is 103 cm³/mol. The Hall–Kier alpha value is -1.17. The monoisotopic (exact) mass is 384 g/mol. The van der Waals surface area contributed by atoms with E-state index in [0.717, 1.165) is 44.5 Å². The van der Waals surface area contributed by atoms with E-state index < -0.39 is 0 Å². The van der Waals surface area contributed by atoms with Crippen molar-refractivity contribution in [3.05, 3.63) is 35.6 Å². The molecule has 2 aliphatic rings. The van der Waals surface area contributed by atoms with Gasteiger partial charge in [0.25, 0.3) is 5.91 Å². The van der Waals surface area contributed by atoms with Crippen LogP contribution in [0, 0.1) is 11.7 Å². The molecule has 0 saturated carbocycles. The zero-order chi connectivity index (χ0) is 18.0. The third-order valence-electron chi connectivity index (χ3n) is 5.55. The molecule has 0 aromatic heterocycles. The number of benzene rings is 1. The molecule has 0 N–H and O–H groups in total. The van der Waals surface area contributed by atoms with Crippen LogP contribution in [-0.4, -0.2) is 60.6 Å². The van der Waals surface area contributed by atoms with Crippen LogP contribution in [0.1, 0.15) is 32.3 Å². The van der Waals surface area contributed by atoms with E-state index in [1.807, 2.05) is 37.9 Å². The highest BCUT2D eigenvalue weighted by Crippen LogP contribution is 2.34. The van der Waals surface area contributed by atoms with Crippen molar-refractivity contribution in [3.63, 3.8) is 0 Å². The molecule has 1 unspecified atom stereocenters. The standard InChI is InChI=1S/C20H29FN2O2.ClH/c1-15(2)18-19(24)22(3)14-20(25-18)9-12-23(13-10-20)11-8-16-6-4-5-7-17(16)21;/h4-7,15,18H,8-14H2,1-3H3;1H. The molecular weight excluding hydrogens is 355 g/mol.